The molecular weight excluding hydrogens is 444 g/mol. The zero-order chi connectivity index (χ0) is 25.4. The number of fused-ring (bicyclic) bond motifs is 2. The minimum absolute atomic E-state index is 0.418. The van der Waals surface area contributed by atoms with Gasteiger partial charge in [0.1, 0.15) is 0 Å². The lowest BCUT2D eigenvalue weighted by Crippen LogP contribution is -2.29. The Balaban J connectivity index is 1.68. The van der Waals surface area contributed by atoms with Crippen molar-refractivity contribution in [2.75, 3.05) is 0 Å². The highest BCUT2D eigenvalue weighted by atomic mass is 14.5. The van der Waals surface area contributed by atoms with E-state index in [9.17, 15) is 0 Å². The topological polar surface area (TPSA) is 0 Å². The van der Waals surface area contributed by atoms with Crippen molar-refractivity contribution in [2.45, 2.75) is 19.3 Å². The van der Waals surface area contributed by atoms with E-state index in [1.165, 1.54) is 55.3 Å². The molecule has 0 nitrogen and oxygen atoms in total. The van der Waals surface area contributed by atoms with E-state index in [-0.39, 0.29) is 0 Å². The van der Waals surface area contributed by atoms with Gasteiger partial charge in [-0.1, -0.05) is 133 Å². The van der Waals surface area contributed by atoms with Crippen molar-refractivity contribution < 1.29 is 0 Å². The van der Waals surface area contributed by atoms with Crippen LogP contribution in [0.5, 0.6) is 0 Å². The van der Waals surface area contributed by atoms with Crippen molar-refractivity contribution >= 4 is 16.3 Å². The third-order valence-corrected chi connectivity index (χ3v) is 7.83. The maximum absolute atomic E-state index is 4.06. The van der Waals surface area contributed by atoms with Crippen LogP contribution in [-0.4, -0.2) is 0 Å². The van der Waals surface area contributed by atoms with E-state index in [0.29, 0.717) is 0 Å². The van der Waals surface area contributed by atoms with Gasteiger partial charge in [-0.3, -0.25) is 0 Å². The van der Waals surface area contributed by atoms with Crippen molar-refractivity contribution in [1.29, 1.82) is 0 Å². The van der Waals surface area contributed by atoms with E-state index in [1.54, 1.807) is 0 Å². The second kappa shape index (κ2) is 9.22. The maximum Gasteiger partial charge on any atom is 0.0710 e. The summed E-state index contributed by atoms with van der Waals surface area (Å²) in [6, 6.07) is 44.3. The van der Waals surface area contributed by atoms with Gasteiger partial charge in [0.2, 0.25) is 0 Å². The Bertz CT molecular complexity index is 1640. The summed E-state index contributed by atoms with van der Waals surface area (Å²) in [5, 5.41) is 2.53. The summed E-state index contributed by atoms with van der Waals surface area (Å²) in [5.74, 6) is 0. The van der Waals surface area contributed by atoms with Crippen LogP contribution in [-0.2, 0) is 5.41 Å². The van der Waals surface area contributed by atoms with Crippen LogP contribution in [0.15, 0.2) is 151 Å². The normalized spacial score (nSPS) is 14.6. The minimum atomic E-state index is -0.418. The Morgan fingerprint density at radius 1 is 0.649 bits per heavy atom. The third kappa shape index (κ3) is 3.69. The standard InChI is InChI=1S/C37H30/c1-4-26(2)23-35-27(3)34-22-21-31(30-20-19-28-13-11-12-14-29(28)24-30)25-36(34)37(35,32-15-7-5-8-16-32)33-17-9-6-10-18-33/h4-25H,1H2,2-3H3/b26-23-. The first-order chi connectivity index (χ1) is 18.1. The van der Waals surface area contributed by atoms with E-state index in [0.717, 1.165) is 5.57 Å². The first-order valence-electron chi connectivity index (χ1n) is 12.9. The second-order valence-corrected chi connectivity index (χ2v) is 9.94. The molecule has 0 heteroatoms. The number of benzene rings is 5. The molecule has 0 heterocycles. The lowest BCUT2D eigenvalue weighted by Gasteiger charge is -2.35. The average molecular weight is 475 g/mol. The van der Waals surface area contributed by atoms with Gasteiger partial charge < -0.3 is 0 Å². The summed E-state index contributed by atoms with van der Waals surface area (Å²) in [6.45, 7) is 8.46. The summed E-state index contributed by atoms with van der Waals surface area (Å²) in [4.78, 5) is 0. The number of hydrogen-bond donors (Lipinski definition) is 0. The SMILES string of the molecule is C=C/C(C)=C\C1=C(C)c2ccc(-c3ccc4ccccc4c3)cc2C1(c1ccccc1)c1ccccc1. The van der Waals surface area contributed by atoms with Crippen LogP contribution in [0.25, 0.3) is 27.5 Å². The highest BCUT2D eigenvalue weighted by molar-refractivity contribution is 5.91. The average Bonchev–Trinajstić information content (AvgIpc) is 3.21. The predicted octanol–water partition coefficient (Wildman–Crippen LogP) is 9.76. The highest BCUT2D eigenvalue weighted by Crippen LogP contribution is 2.55. The van der Waals surface area contributed by atoms with E-state index in [4.69, 9.17) is 0 Å². The van der Waals surface area contributed by atoms with Gasteiger partial charge in [0, 0.05) is 0 Å². The van der Waals surface area contributed by atoms with Gasteiger partial charge in [-0.2, -0.15) is 0 Å². The largest absolute Gasteiger partial charge is 0.0988 e. The molecular formula is C37H30. The molecule has 0 saturated carbocycles. The molecule has 0 unspecified atom stereocenters. The summed E-state index contributed by atoms with van der Waals surface area (Å²) in [5.41, 5.74) is 11.0. The van der Waals surface area contributed by atoms with E-state index < -0.39 is 5.41 Å². The van der Waals surface area contributed by atoms with Crippen LogP contribution < -0.4 is 0 Å². The van der Waals surface area contributed by atoms with Gasteiger partial charge in [0.05, 0.1) is 5.41 Å². The molecule has 1 aliphatic rings. The summed E-state index contributed by atoms with van der Waals surface area (Å²) in [7, 11) is 0. The summed E-state index contributed by atoms with van der Waals surface area (Å²) >= 11 is 0. The van der Waals surface area contributed by atoms with Gasteiger partial charge in [0.15, 0.2) is 0 Å². The van der Waals surface area contributed by atoms with E-state index in [2.05, 4.69) is 148 Å². The Labute approximate surface area is 219 Å². The Hall–Kier alpha value is -4.42. The molecule has 1 aliphatic carbocycles. The lowest BCUT2D eigenvalue weighted by atomic mass is 9.66. The highest BCUT2D eigenvalue weighted by Gasteiger charge is 2.46. The summed E-state index contributed by atoms with van der Waals surface area (Å²) in [6.07, 6.45) is 4.28. The molecule has 0 spiro atoms. The monoisotopic (exact) mass is 474 g/mol. The number of allylic oxidation sites excluding steroid dienone is 5. The molecule has 37 heavy (non-hydrogen) atoms. The van der Waals surface area contributed by atoms with Gasteiger partial charge in [-0.05, 0) is 81.3 Å². The van der Waals surface area contributed by atoms with Gasteiger partial charge in [-0.15, -0.1) is 0 Å². The molecule has 0 fully saturated rings. The second-order valence-electron chi connectivity index (χ2n) is 9.94. The van der Waals surface area contributed by atoms with E-state index >= 15 is 0 Å². The smallest absolute Gasteiger partial charge is 0.0710 e. The lowest BCUT2D eigenvalue weighted by molar-refractivity contribution is 0.760. The van der Waals surface area contributed by atoms with Crippen LogP contribution in [0.2, 0.25) is 0 Å². The third-order valence-electron chi connectivity index (χ3n) is 7.83. The van der Waals surface area contributed by atoms with Crippen LogP contribution in [0.3, 0.4) is 0 Å². The Kier molecular flexibility index (Phi) is 5.74. The van der Waals surface area contributed by atoms with Crippen molar-refractivity contribution in [2.24, 2.45) is 0 Å². The van der Waals surface area contributed by atoms with E-state index in [1.807, 2.05) is 6.08 Å². The van der Waals surface area contributed by atoms with Crippen molar-refractivity contribution in [3.63, 3.8) is 0 Å². The molecule has 0 saturated heterocycles. The van der Waals surface area contributed by atoms with Crippen molar-refractivity contribution in [1.82, 2.24) is 0 Å². The predicted molar refractivity (Wildman–Crippen MR) is 159 cm³/mol. The Morgan fingerprint density at radius 3 is 1.86 bits per heavy atom. The molecule has 6 rings (SSSR count). The quantitative estimate of drug-likeness (QED) is 0.222. The zero-order valence-electron chi connectivity index (χ0n) is 21.4. The van der Waals surface area contributed by atoms with Crippen LogP contribution >= 0.6 is 0 Å². The Morgan fingerprint density at radius 2 is 1.22 bits per heavy atom. The summed E-state index contributed by atoms with van der Waals surface area (Å²) < 4.78 is 0. The zero-order valence-corrected chi connectivity index (χ0v) is 21.4. The van der Waals surface area contributed by atoms with Gasteiger partial charge >= 0.3 is 0 Å². The van der Waals surface area contributed by atoms with Crippen molar-refractivity contribution in [3.05, 3.63) is 173 Å². The van der Waals surface area contributed by atoms with Crippen LogP contribution in [0.1, 0.15) is 36.1 Å². The molecule has 0 aromatic heterocycles. The van der Waals surface area contributed by atoms with Crippen LogP contribution in [0.4, 0.5) is 0 Å². The molecule has 0 aliphatic heterocycles. The number of rotatable bonds is 5. The number of hydrogen-bond acceptors (Lipinski definition) is 0. The molecule has 0 atom stereocenters. The molecule has 0 radical (unpaired) electrons. The molecule has 0 amide bonds. The first-order valence-corrected chi connectivity index (χ1v) is 12.9. The molecule has 5 aromatic carbocycles. The minimum Gasteiger partial charge on any atom is -0.0988 e. The fraction of sp³-hybridized carbons (Fsp3) is 0.0811. The van der Waals surface area contributed by atoms with Gasteiger partial charge in [0.25, 0.3) is 0 Å². The first kappa shape index (κ1) is 23.0. The van der Waals surface area contributed by atoms with Crippen LogP contribution in [0, 0.1) is 0 Å². The maximum atomic E-state index is 4.06. The fourth-order valence-corrected chi connectivity index (χ4v) is 5.97. The molecule has 5 aromatic rings. The molecule has 178 valence electrons. The molecule has 0 N–H and O–H groups in total. The van der Waals surface area contributed by atoms with Gasteiger partial charge in [-0.25, -0.2) is 0 Å². The molecule has 0 bridgehead atoms. The fourth-order valence-electron chi connectivity index (χ4n) is 5.97. The van der Waals surface area contributed by atoms with Crippen molar-refractivity contribution in [3.8, 4) is 11.1 Å².